The fourth-order valence-electron chi connectivity index (χ4n) is 2.94. The van der Waals surface area contributed by atoms with Gasteiger partial charge in [0.05, 0.1) is 0 Å². The van der Waals surface area contributed by atoms with Crippen molar-refractivity contribution < 1.29 is 0 Å². The lowest BCUT2D eigenvalue weighted by atomic mass is 9.96. The fourth-order valence-corrected chi connectivity index (χ4v) is 2.94. The van der Waals surface area contributed by atoms with Gasteiger partial charge in [0.1, 0.15) is 0 Å². The fraction of sp³-hybridized carbons (Fsp3) is 0.625. The van der Waals surface area contributed by atoms with E-state index in [9.17, 15) is 0 Å². The van der Waals surface area contributed by atoms with E-state index in [1.54, 1.807) is 0 Å². The number of nitrogens with one attached hydrogen (secondary N) is 2. The maximum Gasteiger partial charge on any atom is 0.0486 e. The van der Waals surface area contributed by atoms with Crippen molar-refractivity contribution in [3.8, 4) is 0 Å². The van der Waals surface area contributed by atoms with Crippen molar-refractivity contribution in [2.75, 3.05) is 33.7 Å². The third-order valence-corrected chi connectivity index (χ3v) is 4.00. The number of hydrogen-bond donors (Lipinski definition) is 2. The number of rotatable bonds is 5. The van der Waals surface area contributed by atoms with Gasteiger partial charge in [-0.15, -0.1) is 0 Å². The summed E-state index contributed by atoms with van der Waals surface area (Å²) in [5, 5.41) is 7.11. The molecule has 0 saturated carbocycles. The minimum atomic E-state index is 0.387. The molecule has 1 saturated heterocycles. The Kier molecular flexibility index (Phi) is 5.37. The standard InChI is InChI=1S/C16H27N3/c1-4-5-13-6-8-14(9-7-13)16(17-2)15-12-19(3)11-10-18-15/h6-9,15-18H,4-5,10-12H2,1-3H3. The van der Waals surface area contributed by atoms with Crippen LogP contribution in [-0.4, -0.2) is 44.7 Å². The van der Waals surface area contributed by atoms with E-state index in [2.05, 4.69) is 60.8 Å². The molecule has 1 fully saturated rings. The molecule has 1 aliphatic rings. The Morgan fingerprint density at radius 2 is 2.11 bits per heavy atom. The van der Waals surface area contributed by atoms with E-state index in [1.165, 1.54) is 24.0 Å². The lowest BCUT2D eigenvalue weighted by Crippen LogP contribution is -2.54. The first-order valence-electron chi connectivity index (χ1n) is 7.42. The summed E-state index contributed by atoms with van der Waals surface area (Å²) in [6.07, 6.45) is 2.39. The van der Waals surface area contributed by atoms with Gasteiger partial charge in [0.25, 0.3) is 0 Å². The van der Waals surface area contributed by atoms with Crippen LogP contribution in [0, 0.1) is 0 Å². The second-order valence-corrected chi connectivity index (χ2v) is 5.58. The lowest BCUT2D eigenvalue weighted by molar-refractivity contribution is 0.210. The molecule has 1 aliphatic heterocycles. The molecule has 2 rings (SSSR count). The van der Waals surface area contributed by atoms with Gasteiger partial charge in [-0.3, -0.25) is 0 Å². The number of aryl methyl sites for hydroxylation is 1. The van der Waals surface area contributed by atoms with Crippen molar-refractivity contribution >= 4 is 0 Å². The molecule has 0 spiro atoms. The van der Waals surface area contributed by atoms with E-state index in [0.717, 1.165) is 19.6 Å². The molecule has 0 aromatic heterocycles. The van der Waals surface area contributed by atoms with Gasteiger partial charge in [-0.1, -0.05) is 37.6 Å². The van der Waals surface area contributed by atoms with Gasteiger partial charge in [0, 0.05) is 31.7 Å². The number of piperazine rings is 1. The molecule has 2 unspecified atom stereocenters. The summed E-state index contributed by atoms with van der Waals surface area (Å²) in [5.41, 5.74) is 2.82. The van der Waals surface area contributed by atoms with Crippen LogP contribution in [0.25, 0.3) is 0 Å². The topological polar surface area (TPSA) is 27.3 Å². The molecule has 0 aliphatic carbocycles. The highest BCUT2D eigenvalue weighted by Crippen LogP contribution is 2.20. The first-order chi connectivity index (χ1) is 9.24. The molecule has 106 valence electrons. The number of likely N-dealkylation sites (N-methyl/N-ethyl adjacent to an activating group) is 2. The summed E-state index contributed by atoms with van der Waals surface area (Å²) >= 11 is 0. The van der Waals surface area contributed by atoms with Crippen molar-refractivity contribution in [1.29, 1.82) is 0 Å². The summed E-state index contributed by atoms with van der Waals surface area (Å²) in [6, 6.07) is 9.98. The van der Waals surface area contributed by atoms with E-state index in [0.29, 0.717) is 12.1 Å². The van der Waals surface area contributed by atoms with Crippen molar-refractivity contribution in [2.24, 2.45) is 0 Å². The monoisotopic (exact) mass is 261 g/mol. The van der Waals surface area contributed by atoms with E-state index in [-0.39, 0.29) is 0 Å². The Morgan fingerprint density at radius 1 is 1.37 bits per heavy atom. The van der Waals surface area contributed by atoms with Crippen LogP contribution in [0.4, 0.5) is 0 Å². The van der Waals surface area contributed by atoms with E-state index < -0.39 is 0 Å². The first-order valence-corrected chi connectivity index (χ1v) is 7.42. The molecule has 1 heterocycles. The van der Waals surface area contributed by atoms with Crippen LogP contribution in [0.2, 0.25) is 0 Å². The Labute approximate surface area is 117 Å². The van der Waals surface area contributed by atoms with Crippen LogP contribution >= 0.6 is 0 Å². The van der Waals surface area contributed by atoms with Crippen LogP contribution in [-0.2, 0) is 6.42 Å². The van der Waals surface area contributed by atoms with Gasteiger partial charge in [0.2, 0.25) is 0 Å². The second-order valence-electron chi connectivity index (χ2n) is 5.58. The maximum atomic E-state index is 3.63. The summed E-state index contributed by atoms with van der Waals surface area (Å²) < 4.78 is 0. The van der Waals surface area contributed by atoms with Crippen LogP contribution < -0.4 is 10.6 Å². The van der Waals surface area contributed by atoms with E-state index >= 15 is 0 Å². The highest BCUT2D eigenvalue weighted by atomic mass is 15.2. The van der Waals surface area contributed by atoms with Crippen molar-refractivity contribution in [3.63, 3.8) is 0 Å². The molecular weight excluding hydrogens is 234 g/mol. The van der Waals surface area contributed by atoms with Crippen LogP contribution in [0.5, 0.6) is 0 Å². The summed E-state index contributed by atoms with van der Waals surface area (Å²) in [4.78, 5) is 2.40. The average molecular weight is 261 g/mol. The molecular formula is C16H27N3. The van der Waals surface area contributed by atoms with Crippen LogP contribution in [0.1, 0.15) is 30.5 Å². The van der Waals surface area contributed by atoms with Crippen LogP contribution in [0.3, 0.4) is 0 Å². The minimum absolute atomic E-state index is 0.387. The Bertz CT molecular complexity index is 374. The first kappa shape index (κ1) is 14.5. The predicted octanol–water partition coefficient (Wildman–Crippen LogP) is 1.80. The number of benzene rings is 1. The Balaban J connectivity index is 2.07. The Morgan fingerprint density at radius 3 is 2.68 bits per heavy atom. The molecule has 2 N–H and O–H groups in total. The summed E-state index contributed by atoms with van der Waals surface area (Å²) in [7, 11) is 4.26. The minimum Gasteiger partial charge on any atom is -0.312 e. The highest BCUT2D eigenvalue weighted by Gasteiger charge is 2.25. The maximum absolute atomic E-state index is 3.63. The van der Waals surface area contributed by atoms with Crippen LogP contribution in [0.15, 0.2) is 24.3 Å². The molecule has 0 amide bonds. The zero-order chi connectivity index (χ0) is 13.7. The normalized spacial score (nSPS) is 22.4. The van der Waals surface area contributed by atoms with Crippen molar-refractivity contribution in [1.82, 2.24) is 15.5 Å². The summed E-state index contributed by atoms with van der Waals surface area (Å²) in [6.45, 7) is 5.55. The molecule has 3 heteroatoms. The smallest absolute Gasteiger partial charge is 0.0486 e. The molecule has 0 radical (unpaired) electrons. The van der Waals surface area contributed by atoms with Crippen molar-refractivity contribution in [3.05, 3.63) is 35.4 Å². The number of hydrogen-bond acceptors (Lipinski definition) is 3. The third kappa shape index (κ3) is 3.78. The largest absolute Gasteiger partial charge is 0.312 e. The predicted molar refractivity (Wildman–Crippen MR) is 81.5 cm³/mol. The molecule has 3 nitrogen and oxygen atoms in total. The highest BCUT2D eigenvalue weighted by molar-refractivity contribution is 5.26. The third-order valence-electron chi connectivity index (χ3n) is 4.00. The SMILES string of the molecule is CCCc1ccc(C(NC)C2CN(C)CCN2)cc1. The van der Waals surface area contributed by atoms with Gasteiger partial charge in [-0.2, -0.15) is 0 Å². The molecule has 19 heavy (non-hydrogen) atoms. The molecule has 0 bridgehead atoms. The zero-order valence-corrected chi connectivity index (χ0v) is 12.4. The summed E-state index contributed by atoms with van der Waals surface area (Å²) in [5.74, 6) is 0. The van der Waals surface area contributed by atoms with Gasteiger partial charge in [0.15, 0.2) is 0 Å². The molecule has 1 aromatic rings. The van der Waals surface area contributed by atoms with E-state index in [4.69, 9.17) is 0 Å². The van der Waals surface area contributed by atoms with E-state index in [1.807, 2.05) is 0 Å². The zero-order valence-electron chi connectivity index (χ0n) is 12.4. The molecule has 2 atom stereocenters. The Hall–Kier alpha value is -0.900. The van der Waals surface area contributed by atoms with Gasteiger partial charge in [-0.05, 0) is 31.6 Å². The molecule has 1 aromatic carbocycles. The van der Waals surface area contributed by atoms with Gasteiger partial charge < -0.3 is 15.5 Å². The van der Waals surface area contributed by atoms with Gasteiger partial charge >= 0.3 is 0 Å². The quantitative estimate of drug-likeness (QED) is 0.846. The lowest BCUT2D eigenvalue weighted by Gasteiger charge is -2.36. The average Bonchev–Trinajstić information content (AvgIpc) is 2.42. The van der Waals surface area contributed by atoms with Crippen molar-refractivity contribution in [2.45, 2.75) is 31.8 Å². The second kappa shape index (κ2) is 7.04. The number of nitrogens with zero attached hydrogens (tertiary/aromatic N) is 1. The van der Waals surface area contributed by atoms with Gasteiger partial charge in [-0.25, -0.2) is 0 Å².